The molecule has 0 saturated carbocycles. The maximum absolute atomic E-state index is 3.00. The first-order chi connectivity index (χ1) is 6.95. The Balaban J connectivity index is 0.00000112. The molecule has 1 heteroatoms. The van der Waals surface area contributed by atoms with Crippen molar-refractivity contribution < 1.29 is 18.9 Å². The number of hydrogen-bond donors (Lipinski definition) is 0. The normalized spacial score (nSPS) is 9.87. The smallest absolute Gasteiger partial charge is 0.184 e. The van der Waals surface area contributed by atoms with Crippen LogP contribution < -0.4 is 18.9 Å². The molecule has 0 aromatic heterocycles. The van der Waals surface area contributed by atoms with E-state index in [1.807, 2.05) is 42.5 Å². The van der Waals surface area contributed by atoms with E-state index < -0.39 is 0 Å². The van der Waals surface area contributed by atoms with Gasteiger partial charge in [-0.3, -0.25) is 0 Å². The van der Waals surface area contributed by atoms with Crippen LogP contribution in [0.3, 0.4) is 0 Å². The van der Waals surface area contributed by atoms with E-state index in [9.17, 15) is 0 Å². The predicted molar refractivity (Wildman–Crippen MR) is 60.6 cm³/mol. The Morgan fingerprint density at radius 1 is 0.733 bits per heavy atom. The van der Waals surface area contributed by atoms with Crippen molar-refractivity contribution in [2.24, 2.45) is 0 Å². The summed E-state index contributed by atoms with van der Waals surface area (Å²) in [6.07, 6.45) is 4.21. The molecular weight excluding hydrogens is 175 g/mol. The van der Waals surface area contributed by atoms with Crippen molar-refractivity contribution in [2.75, 3.05) is 0 Å². The van der Waals surface area contributed by atoms with Crippen LogP contribution in [0, 0.1) is 6.07 Å². The number of rotatable bonds is 2. The molecule has 0 aliphatic carbocycles. The molecule has 15 heavy (non-hydrogen) atoms. The Kier molecular flexibility index (Phi) is 4.97. The second kappa shape index (κ2) is 6.30. The van der Waals surface area contributed by atoms with Gasteiger partial charge in [0.15, 0.2) is 0 Å². The molecule has 0 fully saturated rings. The Morgan fingerprint density at radius 2 is 1.27 bits per heavy atom. The summed E-state index contributed by atoms with van der Waals surface area (Å²) in [4.78, 5) is 0. The quantitative estimate of drug-likeness (QED) is 0.367. The van der Waals surface area contributed by atoms with Gasteiger partial charge in [-0.05, 0) is 5.56 Å². The molecule has 0 heterocycles. The Bertz CT molecular complexity index is 362. The molecule has 0 nitrogen and oxygen atoms in total. The molecule has 0 aliphatic rings. The van der Waals surface area contributed by atoms with Crippen molar-refractivity contribution in [2.45, 2.75) is 0 Å². The summed E-state index contributed by atoms with van der Waals surface area (Å²) in [6.45, 7) is 0. The van der Waals surface area contributed by atoms with E-state index in [1.165, 1.54) is 11.1 Å². The molecule has 0 radical (unpaired) electrons. The maximum Gasteiger partial charge on any atom is 1.00 e. The maximum atomic E-state index is 3.00. The van der Waals surface area contributed by atoms with Gasteiger partial charge in [-0.2, -0.15) is 30.3 Å². The molecule has 2 aromatic rings. The fraction of sp³-hybridized carbons (Fsp3) is 0. The van der Waals surface area contributed by atoms with E-state index in [1.54, 1.807) is 0 Å². The summed E-state index contributed by atoms with van der Waals surface area (Å²) in [7, 11) is 0. The van der Waals surface area contributed by atoms with Crippen LogP contribution in [0.15, 0.2) is 54.6 Å². The minimum Gasteiger partial charge on any atom is -0.184 e. The van der Waals surface area contributed by atoms with Crippen LogP contribution in [0.25, 0.3) is 12.2 Å². The van der Waals surface area contributed by atoms with Gasteiger partial charge in [0.2, 0.25) is 0 Å². The summed E-state index contributed by atoms with van der Waals surface area (Å²) in [5.41, 5.74) is 2.42. The van der Waals surface area contributed by atoms with Gasteiger partial charge < -0.3 is 0 Å². The Hall–Kier alpha value is -1.22. The van der Waals surface area contributed by atoms with Crippen LogP contribution in [-0.4, -0.2) is 0 Å². The molecular formula is C14H11Li. The largest absolute Gasteiger partial charge is 1.00 e. The molecule has 0 bridgehead atoms. The van der Waals surface area contributed by atoms with E-state index in [2.05, 4.69) is 30.4 Å². The van der Waals surface area contributed by atoms with Crippen LogP contribution in [0.4, 0.5) is 0 Å². The number of hydrogen-bond acceptors (Lipinski definition) is 0. The van der Waals surface area contributed by atoms with Crippen molar-refractivity contribution >= 4 is 12.2 Å². The Labute approximate surface area is 103 Å². The van der Waals surface area contributed by atoms with Gasteiger partial charge in [0.25, 0.3) is 0 Å². The second-order valence-electron chi connectivity index (χ2n) is 3.08. The molecule has 0 atom stereocenters. The summed E-state index contributed by atoms with van der Waals surface area (Å²) < 4.78 is 0. The SMILES string of the molecule is [Li+].[c-]1ccc(C=Cc2ccccc2)cc1. The molecule has 2 rings (SSSR count). The second-order valence-corrected chi connectivity index (χ2v) is 3.08. The van der Waals surface area contributed by atoms with E-state index in [0.717, 1.165) is 0 Å². The summed E-state index contributed by atoms with van der Waals surface area (Å²) in [6, 6.07) is 21.2. The van der Waals surface area contributed by atoms with E-state index >= 15 is 0 Å². The van der Waals surface area contributed by atoms with Gasteiger partial charge >= 0.3 is 18.9 Å². The van der Waals surface area contributed by atoms with E-state index in [0.29, 0.717) is 0 Å². The molecule has 0 saturated heterocycles. The molecule has 0 unspecified atom stereocenters. The van der Waals surface area contributed by atoms with Gasteiger partial charge in [0.05, 0.1) is 0 Å². The zero-order valence-electron chi connectivity index (χ0n) is 8.85. The summed E-state index contributed by atoms with van der Waals surface area (Å²) in [5.74, 6) is 0. The third-order valence-electron chi connectivity index (χ3n) is 2.01. The van der Waals surface area contributed by atoms with Crippen molar-refractivity contribution in [3.05, 3.63) is 71.8 Å². The predicted octanol–water partition coefficient (Wildman–Crippen LogP) is 0.661. The summed E-state index contributed by atoms with van der Waals surface area (Å²) in [5, 5.41) is 0. The average Bonchev–Trinajstić information content (AvgIpc) is 2.29. The molecule has 68 valence electrons. The fourth-order valence-electron chi connectivity index (χ4n) is 1.27. The topological polar surface area (TPSA) is 0 Å². The molecule has 0 spiro atoms. The van der Waals surface area contributed by atoms with Crippen molar-refractivity contribution in [3.63, 3.8) is 0 Å². The van der Waals surface area contributed by atoms with Gasteiger partial charge in [0.1, 0.15) is 0 Å². The van der Waals surface area contributed by atoms with Crippen LogP contribution >= 0.6 is 0 Å². The van der Waals surface area contributed by atoms with Crippen LogP contribution in [0.1, 0.15) is 11.1 Å². The van der Waals surface area contributed by atoms with Crippen LogP contribution in [0.2, 0.25) is 0 Å². The summed E-state index contributed by atoms with van der Waals surface area (Å²) >= 11 is 0. The van der Waals surface area contributed by atoms with E-state index in [-0.39, 0.29) is 18.9 Å². The molecule has 0 amide bonds. The average molecular weight is 186 g/mol. The first-order valence-corrected chi connectivity index (χ1v) is 4.64. The van der Waals surface area contributed by atoms with Crippen molar-refractivity contribution in [1.82, 2.24) is 0 Å². The van der Waals surface area contributed by atoms with Gasteiger partial charge in [-0.25, -0.2) is 0 Å². The zero-order chi connectivity index (χ0) is 9.64. The minimum atomic E-state index is 0. The zero-order valence-corrected chi connectivity index (χ0v) is 8.85. The monoisotopic (exact) mass is 186 g/mol. The minimum absolute atomic E-state index is 0. The molecule has 0 aliphatic heterocycles. The van der Waals surface area contributed by atoms with E-state index in [4.69, 9.17) is 0 Å². The third kappa shape index (κ3) is 3.79. The standard InChI is InChI=1S/C14H11.Li/c1-3-7-13(8-4-1)11-12-14-9-5-2-6-10-14;/h1,3-12H;/q-1;+1. The van der Waals surface area contributed by atoms with Crippen LogP contribution in [0.5, 0.6) is 0 Å². The van der Waals surface area contributed by atoms with Gasteiger partial charge in [-0.1, -0.05) is 42.5 Å². The van der Waals surface area contributed by atoms with Gasteiger partial charge in [-0.15, -0.1) is 5.56 Å². The van der Waals surface area contributed by atoms with Crippen molar-refractivity contribution in [1.29, 1.82) is 0 Å². The molecule has 0 N–H and O–H groups in total. The Morgan fingerprint density at radius 3 is 1.87 bits per heavy atom. The fourth-order valence-corrected chi connectivity index (χ4v) is 1.27. The first kappa shape index (κ1) is 11.8. The van der Waals surface area contributed by atoms with Crippen LogP contribution in [-0.2, 0) is 0 Å². The first-order valence-electron chi connectivity index (χ1n) is 4.64. The molecule has 2 aromatic carbocycles. The number of benzene rings is 2. The van der Waals surface area contributed by atoms with Gasteiger partial charge in [0, 0.05) is 0 Å². The van der Waals surface area contributed by atoms with Crippen molar-refractivity contribution in [3.8, 4) is 0 Å². The third-order valence-corrected chi connectivity index (χ3v) is 2.01.